The van der Waals surface area contributed by atoms with Gasteiger partial charge in [-0.05, 0) is 61.4 Å². The van der Waals surface area contributed by atoms with Gasteiger partial charge in [0.1, 0.15) is 5.75 Å². The summed E-state index contributed by atoms with van der Waals surface area (Å²) in [4.78, 5) is 6.60. The largest absolute Gasteiger partial charge is 0.497 e. The minimum absolute atomic E-state index is 0.462. The van der Waals surface area contributed by atoms with Crippen molar-refractivity contribution >= 4 is 0 Å². The van der Waals surface area contributed by atoms with Gasteiger partial charge >= 0.3 is 0 Å². The van der Waals surface area contributed by atoms with Gasteiger partial charge in [-0.25, -0.2) is 0 Å². The molecule has 0 fully saturated rings. The van der Waals surface area contributed by atoms with Crippen LogP contribution in [-0.4, -0.2) is 21.6 Å². The molecule has 3 rings (SSSR count). The van der Waals surface area contributed by atoms with E-state index in [-0.39, 0.29) is 0 Å². The molecule has 0 aliphatic heterocycles. The molecule has 4 nitrogen and oxygen atoms in total. The van der Waals surface area contributed by atoms with Crippen LogP contribution in [0.4, 0.5) is 0 Å². The highest BCUT2D eigenvalue weighted by Gasteiger charge is 2.12. The minimum Gasteiger partial charge on any atom is -0.497 e. The molecule has 0 saturated carbocycles. The van der Waals surface area contributed by atoms with Crippen molar-refractivity contribution in [3.8, 4) is 5.75 Å². The molecule has 0 saturated heterocycles. The lowest BCUT2D eigenvalue weighted by Gasteiger charge is -2.24. The van der Waals surface area contributed by atoms with E-state index in [4.69, 9.17) is 4.74 Å². The van der Waals surface area contributed by atoms with Gasteiger partial charge in [-0.3, -0.25) is 9.88 Å². The van der Waals surface area contributed by atoms with Crippen LogP contribution in [0.5, 0.6) is 5.75 Å². The quantitative estimate of drug-likeness (QED) is 0.592. The van der Waals surface area contributed by atoms with Gasteiger partial charge < -0.3 is 9.30 Å². The number of nitrogens with zero attached hydrogens (tertiary/aromatic N) is 3. The van der Waals surface area contributed by atoms with Crippen LogP contribution in [0.25, 0.3) is 0 Å². The standard InChI is InChI=1S/C22H27N3O/c1-18(2)25-14-4-5-21(25)17-24(16-20-10-12-23-13-11-20)15-19-6-8-22(26-3)9-7-19/h4-14,18H,15-17H2,1-3H3. The lowest BCUT2D eigenvalue weighted by molar-refractivity contribution is 0.239. The van der Waals surface area contributed by atoms with Crippen LogP contribution in [0, 0.1) is 0 Å². The fourth-order valence-electron chi connectivity index (χ4n) is 3.20. The molecule has 3 aromatic rings. The molecule has 0 atom stereocenters. The van der Waals surface area contributed by atoms with E-state index in [1.807, 2.05) is 24.5 Å². The Labute approximate surface area is 156 Å². The summed E-state index contributed by atoms with van der Waals surface area (Å²) in [6.07, 6.45) is 5.88. The van der Waals surface area contributed by atoms with Crippen LogP contribution in [-0.2, 0) is 19.6 Å². The van der Waals surface area contributed by atoms with E-state index >= 15 is 0 Å². The molecule has 0 radical (unpaired) electrons. The summed E-state index contributed by atoms with van der Waals surface area (Å²) in [6.45, 7) is 7.12. The molecule has 2 aromatic heterocycles. The van der Waals surface area contributed by atoms with Crippen LogP contribution in [0.1, 0.15) is 36.7 Å². The highest BCUT2D eigenvalue weighted by atomic mass is 16.5. The fourth-order valence-corrected chi connectivity index (χ4v) is 3.20. The molecule has 2 heterocycles. The number of pyridine rings is 1. The van der Waals surface area contributed by atoms with Gasteiger partial charge in [0.25, 0.3) is 0 Å². The van der Waals surface area contributed by atoms with Gasteiger partial charge in [-0.15, -0.1) is 0 Å². The van der Waals surface area contributed by atoms with E-state index in [2.05, 4.69) is 70.9 Å². The molecule has 4 heteroatoms. The highest BCUT2D eigenvalue weighted by Crippen LogP contribution is 2.19. The summed E-state index contributed by atoms with van der Waals surface area (Å²) in [5.41, 5.74) is 3.89. The lowest BCUT2D eigenvalue weighted by atomic mass is 10.1. The third-order valence-electron chi connectivity index (χ3n) is 4.53. The average Bonchev–Trinajstić information content (AvgIpc) is 3.11. The zero-order chi connectivity index (χ0) is 18.4. The first kappa shape index (κ1) is 18.2. The van der Waals surface area contributed by atoms with Gasteiger partial charge in [-0.2, -0.15) is 0 Å². The third kappa shape index (κ3) is 4.73. The first-order chi connectivity index (χ1) is 12.7. The number of hydrogen-bond acceptors (Lipinski definition) is 3. The number of rotatable bonds is 8. The normalized spacial score (nSPS) is 11.3. The van der Waals surface area contributed by atoms with E-state index in [0.29, 0.717) is 6.04 Å². The zero-order valence-electron chi connectivity index (χ0n) is 15.8. The number of aromatic nitrogens is 2. The Morgan fingerprint density at radius 1 is 0.923 bits per heavy atom. The lowest BCUT2D eigenvalue weighted by Crippen LogP contribution is -2.24. The smallest absolute Gasteiger partial charge is 0.118 e. The molecule has 0 aliphatic rings. The summed E-state index contributed by atoms with van der Waals surface area (Å²) < 4.78 is 7.61. The first-order valence-electron chi connectivity index (χ1n) is 9.05. The van der Waals surface area contributed by atoms with Crippen LogP contribution in [0.3, 0.4) is 0 Å². The second-order valence-corrected chi connectivity index (χ2v) is 6.85. The summed E-state index contributed by atoms with van der Waals surface area (Å²) in [5, 5.41) is 0. The molecule has 1 aromatic carbocycles. The summed E-state index contributed by atoms with van der Waals surface area (Å²) in [6, 6.07) is 17.3. The van der Waals surface area contributed by atoms with Crippen molar-refractivity contribution in [2.24, 2.45) is 0 Å². The maximum absolute atomic E-state index is 5.27. The van der Waals surface area contributed by atoms with E-state index in [0.717, 1.165) is 25.4 Å². The van der Waals surface area contributed by atoms with E-state index in [1.54, 1.807) is 7.11 Å². The Balaban J connectivity index is 1.79. The molecule has 0 bridgehead atoms. The fraction of sp³-hybridized carbons (Fsp3) is 0.318. The van der Waals surface area contributed by atoms with Gasteiger partial charge in [0, 0.05) is 50.0 Å². The maximum atomic E-state index is 5.27. The van der Waals surface area contributed by atoms with E-state index < -0.39 is 0 Å². The predicted octanol–water partition coefficient (Wildman–Crippen LogP) is 4.68. The highest BCUT2D eigenvalue weighted by molar-refractivity contribution is 5.27. The SMILES string of the molecule is COc1ccc(CN(Cc2ccncc2)Cc2cccn2C(C)C)cc1. The van der Waals surface area contributed by atoms with Crippen molar-refractivity contribution in [2.75, 3.05) is 7.11 Å². The van der Waals surface area contributed by atoms with Gasteiger partial charge in [0.15, 0.2) is 0 Å². The van der Waals surface area contributed by atoms with Gasteiger partial charge in [0.05, 0.1) is 7.11 Å². The second-order valence-electron chi connectivity index (χ2n) is 6.85. The summed E-state index contributed by atoms with van der Waals surface area (Å²) in [5.74, 6) is 0.892. The number of hydrogen-bond donors (Lipinski definition) is 0. The van der Waals surface area contributed by atoms with Gasteiger partial charge in [0.2, 0.25) is 0 Å². The number of benzene rings is 1. The minimum atomic E-state index is 0.462. The molecule has 0 unspecified atom stereocenters. The first-order valence-corrected chi connectivity index (χ1v) is 9.05. The second kappa shape index (κ2) is 8.68. The monoisotopic (exact) mass is 349 g/mol. The molecule has 0 amide bonds. The zero-order valence-corrected chi connectivity index (χ0v) is 15.8. The topological polar surface area (TPSA) is 30.3 Å². The van der Waals surface area contributed by atoms with Crippen molar-refractivity contribution < 1.29 is 4.74 Å². The Morgan fingerprint density at radius 3 is 2.19 bits per heavy atom. The Bertz CT molecular complexity index is 794. The predicted molar refractivity (Wildman–Crippen MR) is 105 cm³/mol. The molecule has 136 valence electrons. The molecule has 0 N–H and O–H groups in total. The molecule has 0 spiro atoms. The third-order valence-corrected chi connectivity index (χ3v) is 4.53. The molecular formula is C22H27N3O. The maximum Gasteiger partial charge on any atom is 0.118 e. The van der Waals surface area contributed by atoms with Crippen molar-refractivity contribution in [3.05, 3.63) is 83.9 Å². The van der Waals surface area contributed by atoms with Crippen molar-refractivity contribution in [3.63, 3.8) is 0 Å². The number of ether oxygens (including phenoxy) is 1. The summed E-state index contributed by atoms with van der Waals surface area (Å²) >= 11 is 0. The van der Waals surface area contributed by atoms with Crippen molar-refractivity contribution in [2.45, 2.75) is 39.5 Å². The molecular weight excluding hydrogens is 322 g/mol. The number of methoxy groups -OCH3 is 1. The van der Waals surface area contributed by atoms with Gasteiger partial charge in [-0.1, -0.05) is 12.1 Å². The van der Waals surface area contributed by atoms with E-state index in [1.165, 1.54) is 16.8 Å². The van der Waals surface area contributed by atoms with Crippen LogP contribution in [0.2, 0.25) is 0 Å². The Hall–Kier alpha value is -2.59. The van der Waals surface area contributed by atoms with Crippen LogP contribution < -0.4 is 4.74 Å². The molecule has 26 heavy (non-hydrogen) atoms. The Kier molecular flexibility index (Phi) is 6.08. The van der Waals surface area contributed by atoms with Crippen LogP contribution in [0.15, 0.2) is 67.1 Å². The Morgan fingerprint density at radius 2 is 1.58 bits per heavy atom. The van der Waals surface area contributed by atoms with Crippen molar-refractivity contribution in [1.82, 2.24) is 14.5 Å². The molecule has 0 aliphatic carbocycles. The van der Waals surface area contributed by atoms with E-state index in [9.17, 15) is 0 Å². The average molecular weight is 349 g/mol. The van der Waals surface area contributed by atoms with Crippen LogP contribution >= 0.6 is 0 Å². The van der Waals surface area contributed by atoms with Crippen molar-refractivity contribution in [1.29, 1.82) is 0 Å². The summed E-state index contributed by atoms with van der Waals surface area (Å²) in [7, 11) is 1.70.